The number of anilines is 1. The second kappa shape index (κ2) is 8.39. The van der Waals surface area contributed by atoms with E-state index in [1.165, 1.54) is 11.8 Å². The number of carbonyl (C=O) groups excluding carboxylic acids is 1. The van der Waals surface area contributed by atoms with Crippen molar-refractivity contribution in [2.45, 2.75) is 23.9 Å². The second-order valence-electron chi connectivity index (χ2n) is 4.87. The maximum Gasteiger partial charge on any atom is 0.237 e. The van der Waals surface area contributed by atoms with Crippen LogP contribution in [0.5, 0.6) is 11.5 Å². The molecule has 1 unspecified atom stereocenters. The largest absolute Gasteiger partial charge is 0.497 e. The van der Waals surface area contributed by atoms with Crippen LogP contribution in [0.2, 0.25) is 0 Å². The van der Waals surface area contributed by atoms with Gasteiger partial charge in [-0.2, -0.15) is 0 Å². The molecule has 2 rings (SSSR count). The summed E-state index contributed by atoms with van der Waals surface area (Å²) in [4.78, 5) is 12.5. The number of carbonyl (C=O) groups is 1. The maximum atomic E-state index is 12.5. The number of nitrogens with zero attached hydrogens (tertiary/aromatic N) is 3. The molecule has 1 aromatic carbocycles. The number of allylic oxidation sites excluding steroid dienone is 1. The SMILES string of the molecule is C=CCn1cnnc1SC(C)C(=O)Nc1cc(OC)ccc1OC. The summed E-state index contributed by atoms with van der Waals surface area (Å²) in [7, 11) is 3.12. The number of benzene rings is 1. The van der Waals surface area contributed by atoms with E-state index in [0.717, 1.165) is 0 Å². The minimum Gasteiger partial charge on any atom is -0.497 e. The Kier molecular flexibility index (Phi) is 6.25. The first-order valence-electron chi connectivity index (χ1n) is 7.27. The van der Waals surface area contributed by atoms with Crippen LogP contribution in [0.15, 0.2) is 42.3 Å². The number of hydrogen-bond donors (Lipinski definition) is 1. The molecule has 7 nitrogen and oxygen atoms in total. The first-order valence-corrected chi connectivity index (χ1v) is 8.15. The first-order chi connectivity index (χ1) is 11.6. The normalized spacial score (nSPS) is 11.6. The van der Waals surface area contributed by atoms with Crippen molar-refractivity contribution in [3.05, 3.63) is 37.2 Å². The number of thioether (sulfide) groups is 1. The van der Waals surface area contributed by atoms with E-state index in [0.29, 0.717) is 28.9 Å². The fraction of sp³-hybridized carbons (Fsp3) is 0.312. The van der Waals surface area contributed by atoms with Gasteiger partial charge in [0.05, 0.1) is 25.2 Å². The summed E-state index contributed by atoms with van der Waals surface area (Å²) >= 11 is 1.33. The third-order valence-electron chi connectivity index (χ3n) is 3.22. The predicted molar refractivity (Wildman–Crippen MR) is 93.7 cm³/mol. The molecule has 0 bridgehead atoms. The van der Waals surface area contributed by atoms with Crippen LogP contribution in [0.3, 0.4) is 0 Å². The smallest absolute Gasteiger partial charge is 0.237 e. The number of rotatable bonds is 8. The quantitative estimate of drug-likeness (QED) is 0.584. The van der Waals surface area contributed by atoms with E-state index in [2.05, 4.69) is 22.1 Å². The lowest BCUT2D eigenvalue weighted by Crippen LogP contribution is -2.23. The molecule has 1 N–H and O–H groups in total. The Balaban J connectivity index is 2.08. The van der Waals surface area contributed by atoms with E-state index in [1.807, 2.05) is 4.57 Å². The summed E-state index contributed by atoms with van der Waals surface area (Å²) in [6.07, 6.45) is 3.36. The van der Waals surface area contributed by atoms with Crippen LogP contribution in [0.1, 0.15) is 6.92 Å². The van der Waals surface area contributed by atoms with Crippen LogP contribution in [0.4, 0.5) is 5.69 Å². The number of hydrogen-bond acceptors (Lipinski definition) is 6. The van der Waals surface area contributed by atoms with Crippen LogP contribution in [-0.4, -0.2) is 40.1 Å². The Labute approximate surface area is 145 Å². The van der Waals surface area contributed by atoms with E-state index in [1.54, 1.807) is 51.7 Å². The van der Waals surface area contributed by atoms with Crippen molar-refractivity contribution in [2.75, 3.05) is 19.5 Å². The number of methoxy groups -OCH3 is 2. The fourth-order valence-electron chi connectivity index (χ4n) is 1.96. The summed E-state index contributed by atoms with van der Waals surface area (Å²) in [5, 5.41) is 11.0. The summed E-state index contributed by atoms with van der Waals surface area (Å²) in [5.74, 6) is 1.04. The highest BCUT2D eigenvalue weighted by molar-refractivity contribution is 8.00. The molecular weight excluding hydrogens is 328 g/mol. The molecule has 0 fully saturated rings. The Morgan fingerprint density at radius 1 is 1.46 bits per heavy atom. The lowest BCUT2D eigenvalue weighted by molar-refractivity contribution is -0.115. The zero-order chi connectivity index (χ0) is 17.5. The van der Waals surface area contributed by atoms with E-state index in [9.17, 15) is 4.79 Å². The molecular formula is C16H20N4O3S. The minimum absolute atomic E-state index is 0.167. The lowest BCUT2D eigenvalue weighted by Gasteiger charge is -2.15. The molecule has 0 saturated carbocycles. The number of aromatic nitrogens is 3. The third-order valence-corrected chi connectivity index (χ3v) is 4.32. The second-order valence-corrected chi connectivity index (χ2v) is 6.18. The Bertz CT molecular complexity index is 717. The fourth-order valence-corrected chi connectivity index (χ4v) is 2.79. The van der Waals surface area contributed by atoms with Crippen LogP contribution in [0, 0.1) is 0 Å². The van der Waals surface area contributed by atoms with Crippen LogP contribution < -0.4 is 14.8 Å². The van der Waals surface area contributed by atoms with Crippen LogP contribution >= 0.6 is 11.8 Å². The molecule has 1 amide bonds. The molecule has 0 aliphatic rings. The van der Waals surface area contributed by atoms with Gasteiger partial charge >= 0.3 is 0 Å². The van der Waals surface area contributed by atoms with E-state index in [-0.39, 0.29) is 11.2 Å². The van der Waals surface area contributed by atoms with Crippen molar-refractivity contribution in [2.24, 2.45) is 0 Å². The van der Waals surface area contributed by atoms with Gasteiger partial charge in [0.25, 0.3) is 0 Å². The van der Waals surface area contributed by atoms with Gasteiger partial charge in [0.1, 0.15) is 17.8 Å². The molecule has 0 radical (unpaired) electrons. The van der Waals surface area contributed by atoms with Gasteiger partial charge in [0, 0.05) is 12.6 Å². The van der Waals surface area contributed by atoms with Crippen molar-refractivity contribution < 1.29 is 14.3 Å². The highest BCUT2D eigenvalue weighted by Gasteiger charge is 2.19. The molecule has 128 valence electrons. The lowest BCUT2D eigenvalue weighted by atomic mass is 10.2. The van der Waals surface area contributed by atoms with Gasteiger partial charge in [-0.25, -0.2) is 0 Å². The zero-order valence-electron chi connectivity index (χ0n) is 13.9. The Hall–Kier alpha value is -2.48. The number of nitrogens with one attached hydrogen (secondary N) is 1. The molecule has 0 saturated heterocycles. The van der Waals surface area contributed by atoms with Gasteiger partial charge in [0.15, 0.2) is 5.16 Å². The van der Waals surface area contributed by atoms with E-state index >= 15 is 0 Å². The molecule has 24 heavy (non-hydrogen) atoms. The molecule has 1 aromatic heterocycles. The van der Waals surface area contributed by atoms with Gasteiger partial charge in [-0.3, -0.25) is 4.79 Å². The molecule has 0 aliphatic heterocycles. The Morgan fingerprint density at radius 3 is 2.92 bits per heavy atom. The predicted octanol–water partition coefficient (Wildman–Crippen LogP) is 2.60. The van der Waals surface area contributed by atoms with E-state index in [4.69, 9.17) is 9.47 Å². The molecule has 1 atom stereocenters. The molecule has 8 heteroatoms. The standard InChI is InChI=1S/C16H20N4O3S/c1-5-8-20-10-17-19-16(20)24-11(2)15(21)18-13-9-12(22-3)6-7-14(13)23-4/h5-7,9-11H,1,8H2,2-4H3,(H,18,21). The Morgan fingerprint density at radius 2 is 2.25 bits per heavy atom. The highest BCUT2D eigenvalue weighted by atomic mass is 32.2. The highest BCUT2D eigenvalue weighted by Crippen LogP contribution is 2.30. The molecule has 1 heterocycles. The summed E-state index contributed by atoms with van der Waals surface area (Å²) < 4.78 is 12.3. The van der Waals surface area contributed by atoms with Gasteiger partial charge in [-0.1, -0.05) is 17.8 Å². The van der Waals surface area contributed by atoms with Crippen molar-refractivity contribution in [3.63, 3.8) is 0 Å². The van der Waals surface area contributed by atoms with Gasteiger partial charge in [-0.05, 0) is 19.1 Å². The summed E-state index contributed by atoms with van der Waals surface area (Å²) in [6.45, 7) is 6.09. The van der Waals surface area contributed by atoms with Crippen LogP contribution in [-0.2, 0) is 11.3 Å². The molecule has 0 spiro atoms. The first kappa shape index (κ1) is 17.9. The number of ether oxygens (including phenoxy) is 2. The zero-order valence-corrected chi connectivity index (χ0v) is 14.7. The van der Waals surface area contributed by atoms with E-state index < -0.39 is 0 Å². The van der Waals surface area contributed by atoms with Crippen molar-refractivity contribution in [3.8, 4) is 11.5 Å². The number of amides is 1. The molecule has 0 aliphatic carbocycles. The average molecular weight is 348 g/mol. The van der Waals surface area contributed by atoms with Crippen molar-refractivity contribution in [1.29, 1.82) is 0 Å². The molecule has 2 aromatic rings. The van der Waals surface area contributed by atoms with Crippen molar-refractivity contribution >= 4 is 23.4 Å². The van der Waals surface area contributed by atoms with Crippen molar-refractivity contribution in [1.82, 2.24) is 14.8 Å². The maximum absolute atomic E-state index is 12.5. The summed E-state index contributed by atoms with van der Waals surface area (Å²) in [6, 6.07) is 5.23. The van der Waals surface area contributed by atoms with Gasteiger partial charge < -0.3 is 19.4 Å². The van der Waals surface area contributed by atoms with Gasteiger partial charge in [0.2, 0.25) is 5.91 Å². The average Bonchev–Trinajstić information content (AvgIpc) is 3.02. The third kappa shape index (κ3) is 4.29. The minimum atomic E-state index is -0.367. The van der Waals surface area contributed by atoms with Crippen LogP contribution in [0.25, 0.3) is 0 Å². The summed E-state index contributed by atoms with van der Waals surface area (Å²) in [5.41, 5.74) is 0.557. The topological polar surface area (TPSA) is 78.3 Å². The monoisotopic (exact) mass is 348 g/mol. The van der Waals surface area contributed by atoms with Gasteiger partial charge in [-0.15, -0.1) is 16.8 Å².